The number of benzene rings is 4. The third-order valence-corrected chi connectivity index (χ3v) is 5.08. The summed E-state index contributed by atoms with van der Waals surface area (Å²) in [5.74, 6) is 2.64. The van der Waals surface area contributed by atoms with Gasteiger partial charge in [-0.1, -0.05) is 66.6 Å². The Balaban J connectivity index is 1.86. The lowest BCUT2D eigenvalue weighted by molar-refractivity contribution is 0.111. The smallest absolute Gasteiger partial charge is 0.150 e. The van der Waals surface area contributed by atoms with Crippen LogP contribution in [0, 0.1) is 12.3 Å². The summed E-state index contributed by atoms with van der Waals surface area (Å²) in [6.07, 6.45) is 7.17. The van der Waals surface area contributed by atoms with Gasteiger partial charge < -0.3 is 0 Å². The Labute approximate surface area is 175 Å². The van der Waals surface area contributed by atoms with E-state index in [0.717, 1.165) is 51.5 Å². The Bertz CT molecular complexity index is 1170. The van der Waals surface area contributed by atoms with Gasteiger partial charge in [-0.3, -0.25) is 9.59 Å². The van der Waals surface area contributed by atoms with Crippen LogP contribution in [-0.4, -0.2) is 12.6 Å². The van der Waals surface area contributed by atoms with Gasteiger partial charge in [0, 0.05) is 16.7 Å². The summed E-state index contributed by atoms with van der Waals surface area (Å²) in [6.45, 7) is 0. The van der Waals surface area contributed by atoms with Crippen LogP contribution in [0.1, 0.15) is 26.3 Å². The predicted octanol–water partition coefficient (Wildman–Crippen LogP) is 6.29. The number of hydrogen-bond acceptors (Lipinski definition) is 2. The van der Waals surface area contributed by atoms with Gasteiger partial charge in [0.25, 0.3) is 0 Å². The molecular formula is C28H18O2. The molecule has 0 amide bonds. The molecule has 0 atom stereocenters. The molecule has 0 radical (unpaired) electrons. The zero-order valence-electron chi connectivity index (χ0n) is 16.2. The van der Waals surface area contributed by atoms with Crippen LogP contribution in [0.3, 0.4) is 0 Å². The average molecular weight is 386 g/mol. The molecular weight excluding hydrogens is 368 g/mol. The molecule has 0 saturated carbocycles. The van der Waals surface area contributed by atoms with Crippen LogP contribution in [-0.2, 0) is 0 Å². The quantitative estimate of drug-likeness (QED) is 0.298. The second-order valence-electron chi connectivity index (χ2n) is 7.00. The van der Waals surface area contributed by atoms with Crippen LogP contribution in [0.5, 0.6) is 0 Å². The van der Waals surface area contributed by atoms with Crippen molar-refractivity contribution in [3.05, 3.63) is 108 Å². The highest BCUT2D eigenvalue weighted by Gasteiger charge is 2.08. The van der Waals surface area contributed by atoms with Crippen molar-refractivity contribution in [2.45, 2.75) is 0 Å². The number of carbonyl (C=O) groups is 2. The number of aldehydes is 2. The second kappa shape index (κ2) is 8.43. The molecule has 0 aliphatic heterocycles. The molecule has 4 aromatic rings. The summed E-state index contributed by atoms with van der Waals surface area (Å²) in [6, 6.07) is 29.3. The van der Waals surface area contributed by atoms with E-state index in [1.54, 1.807) is 0 Å². The van der Waals surface area contributed by atoms with E-state index >= 15 is 0 Å². The first-order valence-electron chi connectivity index (χ1n) is 9.53. The Morgan fingerprint density at radius 2 is 0.833 bits per heavy atom. The van der Waals surface area contributed by atoms with Gasteiger partial charge in [-0.25, -0.2) is 0 Å². The van der Waals surface area contributed by atoms with Gasteiger partial charge in [-0.2, -0.15) is 0 Å². The first kappa shape index (κ1) is 19.1. The molecule has 0 heterocycles. The highest BCUT2D eigenvalue weighted by molar-refractivity contribution is 5.83. The first-order chi connectivity index (χ1) is 14.7. The van der Waals surface area contributed by atoms with E-state index in [2.05, 4.69) is 24.1 Å². The van der Waals surface area contributed by atoms with Gasteiger partial charge in [0.1, 0.15) is 12.6 Å². The first-order valence-corrected chi connectivity index (χ1v) is 9.53. The molecule has 0 aliphatic carbocycles. The van der Waals surface area contributed by atoms with Crippen molar-refractivity contribution in [1.29, 1.82) is 0 Å². The Hall–Kier alpha value is -4.22. The second-order valence-corrected chi connectivity index (χ2v) is 7.00. The van der Waals surface area contributed by atoms with E-state index in [1.807, 2.05) is 72.8 Å². The zero-order chi connectivity index (χ0) is 20.9. The normalized spacial score (nSPS) is 10.2. The highest BCUT2D eigenvalue weighted by Crippen LogP contribution is 2.33. The Kier molecular flexibility index (Phi) is 5.37. The largest absolute Gasteiger partial charge is 0.298 e. The molecule has 0 saturated heterocycles. The molecule has 142 valence electrons. The minimum atomic E-state index is 0.643. The van der Waals surface area contributed by atoms with E-state index in [-0.39, 0.29) is 0 Å². The maximum Gasteiger partial charge on any atom is 0.150 e. The van der Waals surface area contributed by atoms with Crippen molar-refractivity contribution < 1.29 is 9.59 Å². The van der Waals surface area contributed by atoms with Gasteiger partial charge in [-0.15, -0.1) is 6.42 Å². The zero-order valence-corrected chi connectivity index (χ0v) is 16.2. The van der Waals surface area contributed by atoms with Crippen LogP contribution in [0.15, 0.2) is 91.0 Å². The topological polar surface area (TPSA) is 34.1 Å². The fourth-order valence-corrected chi connectivity index (χ4v) is 3.39. The number of carbonyl (C=O) groups excluding carboxylic acids is 2. The molecule has 0 aliphatic rings. The van der Waals surface area contributed by atoms with Crippen molar-refractivity contribution in [2.75, 3.05) is 0 Å². The van der Waals surface area contributed by atoms with Crippen LogP contribution in [0.25, 0.3) is 33.4 Å². The Morgan fingerprint density at radius 3 is 1.13 bits per heavy atom. The number of hydrogen-bond donors (Lipinski definition) is 0. The van der Waals surface area contributed by atoms with Crippen LogP contribution in [0.2, 0.25) is 0 Å². The van der Waals surface area contributed by atoms with Gasteiger partial charge in [0.15, 0.2) is 0 Å². The predicted molar refractivity (Wildman–Crippen MR) is 121 cm³/mol. The number of rotatable bonds is 5. The lowest BCUT2D eigenvalue weighted by Crippen LogP contribution is -1.88. The monoisotopic (exact) mass is 386 g/mol. The summed E-state index contributed by atoms with van der Waals surface area (Å²) in [5, 5.41) is 0. The molecule has 0 spiro atoms. The summed E-state index contributed by atoms with van der Waals surface area (Å²) in [4.78, 5) is 22.0. The summed E-state index contributed by atoms with van der Waals surface area (Å²) in [7, 11) is 0. The fraction of sp³-hybridized carbons (Fsp3) is 0. The molecule has 0 bridgehead atoms. The average Bonchev–Trinajstić information content (AvgIpc) is 2.84. The van der Waals surface area contributed by atoms with E-state index in [0.29, 0.717) is 11.1 Å². The molecule has 0 N–H and O–H groups in total. The fourth-order valence-electron chi connectivity index (χ4n) is 3.39. The lowest BCUT2D eigenvalue weighted by atomic mass is 9.92. The summed E-state index contributed by atoms with van der Waals surface area (Å²) in [5.41, 5.74) is 8.37. The van der Waals surface area contributed by atoms with Gasteiger partial charge in [0.2, 0.25) is 0 Å². The van der Waals surface area contributed by atoms with E-state index < -0.39 is 0 Å². The van der Waals surface area contributed by atoms with Crippen LogP contribution in [0.4, 0.5) is 0 Å². The number of terminal acetylenes is 1. The standard InChI is InChI=1S/C28H18O2/c1-2-20-3-9-23(10-4-20)26-15-27(24-11-5-21(18-29)6-12-24)17-28(16-26)25-13-7-22(19-30)8-14-25/h1,3-19H. The maximum atomic E-state index is 11.0. The van der Waals surface area contributed by atoms with E-state index in [9.17, 15) is 9.59 Å². The lowest BCUT2D eigenvalue weighted by Gasteiger charge is -2.12. The molecule has 0 unspecified atom stereocenters. The molecule has 4 rings (SSSR count). The van der Waals surface area contributed by atoms with Gasteiger partial charge in [0.05, 0.1) is 0 Å². The molecule has 30 heavy (non-hydrogen) atoms. The van der Waals surface area contributed by atoms with E-state index in [1.165, 1.54) is 0 Å². The minimum Gasteiger partial charge on any atom is -0.298 e. The molecule has 4 aromatic carbocycles. The summed E-state index contributed by atoms with van der Waals surface area (Å²) < 4.78 is 0. The molecule has 0 aromatic heterocycles. The van der Waals surface area contributed by atoms with Crippen LogP contribution < -0.4 is 0 Å². The molecule has 2 heteroatoms. The maximum absolute atomic E-state index is 11.0. The van der Waals surface area contributed by atoms with E-state index in [4.69, 9.17) is 6.42 Å². The molecule has 0 fully saturated rings. The SMILES string of the molecule is C#Cc1ccc(-c2cc(-c3ccc(C=O)cc3)cc(-c3ccc(C=O)cc3)c2)cc1. The highest BCUT2D eigenvalue weighted by atomic mass is 16.1. The minimum absolute atomic E-state index is 0.643. The van der Waals surface area contributed by atoms with Crippen molar-refractivity contribution >= 4 is 12.6 Å². The van der Waals surface area contributed by atoms with Crippen LogP contribution >= 0.6 is 0 Å². The molecule has 2 nitrogen and oxygen atoms in total. The third-order valence-electron chi connectivity index (χ3n) is 5.08. The van der Waals surface area contributed by atoms with Crippen molar-refractivity contribution in [3.8, 4) is 45.7 Å². The van der Waals surface area contributed by atoms with Gasteiger partial charge >= 0.3 is 0 Å². The Morgan fingerprint density at radius 1 is 0.500 bits per heavy atom. The van der Waals surface area contributed by atoms with Crippen molar-refractivity contribution in [1.82, 2.24) is 0 Å². The third kappa shape index (κ3) is 3.97. The van der Waals surface area contributed by atoms with Crippen molar-refractivity contribution in [2.24, 2.45) is 0 Å². The van der Waals surface area contributed by atoms with Gasteiger partial charge in [-0.05, 0) is 63.7 Å². The summed E-state index contributed by atoms with van der Waals surface area (Å²) >= 11 is 0. The van der Waals surface area contributed by atoms with Crippen molar-refractivity contribution in [3.63, 3.8) is 0 Å².